The zero-order chi connectivity index (χ0) is 15.2. The van der Waals surface area contributed by atoms with Crippen molar-refractivity contribution in [2.75, 3.05) is 0 Å². The SMILES string of the molecule is C[Si](Br)(Br)c1ccccc1.C[Si](Cl)(Cl)c1ccccc1. The van der Waals surface area contributed by atoms with Gasteiger partial charge in [-0.1, -0.05) is 60.7 Å². The minimum Gasteiger partial charge on any atom is -0.140 e. The Labute approximate surface area is 148 Å². The lowest BCUT2D eigenvalue weighted by atomic mass is 10.4. The summed E-state index contributed by atoms with van der Waals surface area (Å²) in [6.45, 7) is 2.00. The molecule has 0 aliphatic rings. The lowest BCUT2D eigenvalue weighted by Crippen LogP contribution is -2.31. The summed E-state index contributed by atoms with van der Waals surface area (Å²) in [7, 11) is 0. The topological polar surface area (TPSA) is 0 Å². The summed E-state index contributed by atoms with van der Waals surface area (Å²) in [4.78, 5) is 0. The standard InChI is InChI=1S/C7H8Br2Si.C7H8Cl2Si/c2*1-10(8,9)7-5-3-2-4-6-7/h2*2-6H,1H3. The molecular formula is C14H16Br2Cl2Si2. The van der Waals surface area contributed by atoms with E-state index in [2.05, 4.69) is 61.4 Å². The van der Waals surface area contributed by atoms with Crippen LogP contribution in [-0.2, 0) is 0 Å². The van der Waals surface area contributed by atoms with Gasteiger partial charge < -0.3 is 0 Å². The van der Waals surface area contributed by atoms with Crippen LogP contribution < -0.4 is 10.4 Å². The zero-order valence-electron chi connectivity index (χ0n) is 11.3. The molecule has 0 heterocycles. The minimum absolute atomic E-state index is 1.07. The van der Waals surface area contributed by atoms with E-state index in [4.69, 9.17) is 22.2 Å². The Kier molecular flexibility index (Phi) is 7.53. The fraction of sp³-hybridized carbons (Fsp3) is 0.143. The van der Waals surface area contributed by atoms with Crippen molar-refractivity contribution in [2.24, 2.45) is 0 Å². The van der Waals surface area contributed by atoms with E-state index in [9.17, 15) is 0 Å². The molecule has 0 aliphatic carbocycles. The Hall–Kier alpha value is 0.414. The van der Waals surface area contributed by atoms with E-state index in [-0.39, 0.29) is 0 Å². The second kappa shape index (κ2) is 8.15. The molecule has 0 aromatic heterocycles. The number of halogens is 4. The first-order valence-corrected chi connectivity index (χ1v) is 17.6. The summed E-state index contributed by atoms with van der Waals surface area (Å²) in [5.74, 6) is 0. The highest BCUT2D eigenvalue weighted by atomic mass is 79.9. The molecule has 0 fully saturated rings. The molecule has 0 atom stereocenters. The van der Waals surface area contributed by atoms with Gasteiger partial charge in [-0.25, -0.2) is 0 Å². The van der Waals surface area contributed by atoms with Crippen LogP contribution in [0, 0.1) is 0 Å². The molecule has 2 rings (SSSR count). The molecule has 0 bridgehead atoms. The second-order valence-electron chi connectivity index (χ2n) is 4.51. The van der Waals surface area contributed by atoms with Gasteiger partial charge in [-0.3, -0.25) is 0 Å². The van der Waals surface area contributed by atoms with E-state index in [0.29, 0.717) is 0 Å². The molecule has 0 amide bonds. The average molecular weight is 471 g/mol. The lowest BCUT2D eigenvalue weighted by Gasteiger charge is -2.10. The maximum atomic E-state index is 5.96. The van der Waals surface area contributed by atoms with Crippen LogP contribution in [0.5, 0.6) is 0 Å². The van der Waals surface area contributed by atoms with Gasteiger partial charge in [0.1, 0.15) is 0 Å². The molecule has 0 saturated carbocycles. The molecule has 108 valence electrons. The van der Waals surface area contributed by atoms with Crippen LogP contribution in [-0.4, -0.2) is 12.0 Å². The van der Waals surface area contributed by atoms with Crippen molar-refractivity contribution >= 4 is 75.1 Å². The van der Waals surface area contributed by atoms with E-state index in [1.54, 1.807) is 0 Å². The summed E-state index contributed by atoms with van der Waals surface area (Å²) in [6, 6.07) is 20.2. The van der Waals surface area contributed by atoms with Crippen LogP contribution in [0.15, 0.2) is 60.7 Å². The largest absolute Gasteiger partial charge is 0.277 e. The Morgan fingerprint density at radius 2 is 1.05 bits per heavy atom. The summed E-state index contributed by atoms with van der Waals surface area (Å²) < 4.78 is 0. The van der Waals surface area contributed by atoms with Gasteiger partial charge in [0.25, 0.3) is 6.69 Å². The van der Waals surface area contributed by atoms with Gasteiger partial charge in [0.05, 0.1) is 0 Å². The third kappa shape index (κ3) is 6.92. The lowest BCUT2D eigenvalue weighted by molar-refractivity contribution is 1.76. The van der Waals surface area contributed by atoms with Crippen LogP contribution in [0.25, 0.3) is 0 Å². The number of hydrogen-bond acceptors (Lipinski definition) is 0. The van der Waals surface area contributed by atoms with E-state index < -0.39 is 12.0 Å². The summed E-state index contributed by atoms with van der Waals surface area (Å²) in [6.07, 6.45) is 0. The molecule has 2 aromatic carbocycles. The smallest absolute Gasteiger partial charge is 0.140 e. The van der Waals surface area contributed by atoms with Crippen molar-refractivity contribution in [3.8, 4) is 0 Å². The fourth-order valence-corrected chi connectivity index (χ4v) is 5.36. The van der Waals surface area contributed by atoms with E-state index in [0.717, 1.165) is 5.19 Å². The van der Waals surface area contributed by atoms with Crippen LogP contribution in [0.2, 0.25) is 13.1 Å². The summed E-state index contributed by atoms with van der Waals surface area (Å²) in [5, 5.41) is 1.03. The van der Waals surface area contributed by atoms with E-state index in [1.807, 2.05) is 42.9 Å². The van der Waals surface area contributed by atoms with Crippen molar-refractivity contribution in [3.63, 3.8) is 0 Å². The van der Waals surface area contributed by atoms with Gasteiger partial charge in [-0.05, 0) is 23.5 Å². The van der Waals surface area contributed by atoms with Gasteiger partial charge >= 0.3 is 0 Å². The first-order chi connectivity index (χ1) is 9.21. The molecule has 0 saturated heterocycles. The third-order valence-corrected chi connectivity index (χ3v) is 9.31. The Balaban J connectivity index is 0.000000200. The quantitative estimate of drug-likeness (QED) is 0.418. The van der Waals surface area contributed by atoms with Crippen LogP contribution in [0.3, 0.4) is 0 Å². The monoisotopic (exact) mass is 468 g/mol. The fourth-order valence-electron chi connectivity index (χ4n) is 1.46. The molecule has 20 heavy (non-hydrogen) atoms. The highest BCUT2D eigenvalue weighted by molar-refractivity contribution is 9.51. The average Bonchev–Trinajstić information content (AvgIpc) is 2.40. The molecule has 0 aliphatic heterocycles. The molecular weight excluding hydrogens is 455 g/mol. The van der Waals surface area contributed by atoms with E-state index >= 15 is 0 Å². The second-order valence-corrected chi connectivity index (χ2v) is 27.0. The van der Waals surface area contributed by atoms with Gasteiger partial charge in [0.15, 0.2) is 0 Å². The van der Waals surface area contributed by atoms with Crippen LogP contribution >= 0.6 is 52.7 Å². The molecule has 0 nitrogen and oxygen atoms in total. The molecule has 0 radical (unpaired) electrons. The van der Waals surface area contributed by atoms with Crippen molar-refractivity contribution in [3.05, 3.63) is 60.7 Å². The molecule has 6 heteroatoms. The third-order valence-electron chi connectivity index (χ3n) is 2.56. The molecule has 0 unspecified atom stereocenters. The summed E-state index contributed by atoms with van der Waals surface area (Å²) >= 11 is 19.2. The van der Waals surface area contributed by atoms with Crippen molar-refractivity contribution in [1.82, 2.24) is 0 Å². The maximum absolute atomic E-state index is 5.96. The molecule has 0 N–H and O–H groups in total. The number of hydrogen-bond donors (Lipinski definition) is 0. The first kappa shape index (κ1) is 18.5. The van der Waals surface area contributed by atoms with Crippen LogP contribution in [0.1, 0.15) is 0 Å². The van der Waals surface area contributed by atoms with Crippen molar-refractivity contribution in [2.45, 2.75) is 13.1 Å². The number of rotatable bonds is 2. The van der Waals surface area contributed by atoms with Crippen molar-refractivity contribution in [1.29, 1.82) is 0 Å². The van der Waals surface area contributed by atoms with Gasteiger partial charge in [0.2, 0.25) is 5.31 Å². The predicted molar refractivity (Wildman–Crippen MR) is 105 cm³/mol. The van der Waals surface area contributed by atoms with Crippen molar-refractivity contribution < 1.29 is 0 Å². The first-order valence-electron chi connectivity index (χ1n) is 6.08. The molecule has 2 aromatic rings. The Morgan fingerprint density at radius 3 is 1.25 bits per heavy atom. The normalized spacial score (nSPS) is 11.5. The van der Waals surface area contributed by atoms with Gasteiger partial charge in [-0.15, -0.1) is 52.7 Å². The number of benzene rings is 2. The Morgan fingerprint density at radius 1 is 0.700 bits per heavy atom. The maximum Gasteiger partial charge on any atom is 0.277 e. The zero-order valence-corrected chi connectivity index (χ0v) is 18.0. The Bertz CT molecular complexity index is 459. The van der Waals surface area contributed by atoms with Crippen LogP contribution in [0.4, 0.5) is 0 Å². The summed E-state index contributed by atoms with van der Waals surface area (Å²) in [5.41, 5.74) is 0. The minimum atomic E-state index is -2.09. The highest BCUT2D eigenvalue weighted by Gasteiger charge is 2.22. The van der Waals surface area contributed by atoms with Gasteiger partial charge in [-0.2, -0.15) is 0 Å². The highest BCUT2D eigenvalue weighted by Crippen LogP contribution is 2.18. The van der Waals surface area contributed by atoms with Gasteiger partial charge in [0, 0.05) is 0 Å². The van der Waals surface area contributed by atoms with E-state index in [1.165, 1.54) is 5.19 Å². The predicted octanol–water partition coefficient (Wildman–Crippen LogP) is 5.20. The molecule has 0 spiro atoms.